The molecule has 0 aliphatic heterocycles. The second kappa shape index (κ2) is 5.72. The highest BCUT2D eigenvalue weighted by Gasteiger charge is 2.48. The number of carbonyl (C=O) groups excluding carboxylic acids is 1. The molecule has 1 aromatic carbocycles. The molecule has 0 aliphatic rings. The standard InChI is InChI=1S/C11H11F4NO5S/c1-10(12,9(17)16(2)18)7-3-5-8(6-4-7)21-22(19,20)11(13,14)15/h3-6,18H,1-2H3/t10-/m0/s1. The third kappa shape index (κ3) is 3.65. The number of nitrogens with zero attached hydrogens (tertiary/aromatic N) is 1. The van der Waals surface area contributed by atoms with E-state index >= 15 is 0 Å². The maximum absolute atomic E-state index is 14.2. The molecule has 1 rings (SSSR count). The van der Waals surface area contributed by atoms with Gasteiger partial charge in [-0.15, -0.1) is 0 Å². The maximum atomic E-state index is 14.2. The van der Waals surface area contributed by atoms with Gasteiger partial charge in [0, 0.05) is 7.05 Å². The van der Waals surface area contributed by atoms with Crippen LogP contribution in [0.2, 0.25) is 0 Å². The number of hydrogen-bond acceptors (Lipinski definition) is 5. The summed E-state index contributed by atoms with van der Waals surface area (Å²) in [6.07, 6.45) is 0. The second-order valence-corrected chi connectivity index (χ2v) is 5.88. The highest BCUT2D eigenvalue weighted by molar-refractivity contribution is 7.87. The molecule has 22 heavy (non-hydrogen) atoms. The number of carbonyl (C=O) groups is 1. The minimum absolute atomic E-state index is 0.0124. The van der Waals surface area contributed by atoms with E-state index in [2.05, 4.69) is 4.18 Å². The molecule has 1 atom stereocenters. The molecule has 0 aliphatic carbocycles. The van der Waals surface area contributed by atoms with Crippen LogP contribution in [-0.2, 0) is 20.6 Å². The van der Waals surface area contributed by atoms with Gasteiger partial charge in [-0.25, -0.2) is 9.45 Å². The van der Waals surface area contributed by atoms with Gasteiger partial charge in [0.2, 0.25) is 5.67 Å². The summed E-state index contributed by atoms with van der Waals surface area (Å²) in [5.41, 5.74) is -8.57. The first-order chi connectivity index (χ1) is 9.79. The van der Waals surface area contributed by atoms with Crippen LogP contribution in [0.5, 0.6) is 5.75 Å². The van der Waals surface area contributed by atoms with Crippen molar-refractivity contribution in [3.63, 3.8) is 0 Å². The molecule has 0 unspecified atom stereocenters. The van der Waals surface area contributed by atoms with Crippen LogP contribution in [0.25, 0.3) is 0 Å². The Morgan fingerprint density at radius 2 is 1.64 bits per heavy atom. The van der Waals surface area contributed by atoms with Crippen molar-refractivity contribution < 1.29 is 40.2 Å². The van der Waals surface area contributed by atoms with Crippen molar-refractivity contribution in [2.45, 2.75) is 18.1 Å². The van der Waals surface area contributed by atoms with Crippen molar-refractivity contribution in [1.82, 2.24) is 5.06 Å². The molecule has 0 saturated heterocycles. The Morgan fingerprint density at radius 1 is 1.18 bits per heavy atom. The van der Waals surface area contributed by atoms with E-state index in [9.17, 15) is 30.8 Å². The molecule has 0 heterocycles. The van der Waals surface area contributed by atoms with Gasteiger partial charge in [-0.05, 0) is 24.6 Å². The monoisotopic (exact) mass is 345 g/mol. The van der Waals surface area contributed by atoms with Crippen LogP contribution in [0.15, 0.2) is 24.3 Å². The SMILES string of the molecule is CN(O)C(=O)[C@@](C)(F)c1ccc(OS(=O)(=O)C(F)(F)F)cc1. The van der Waals surface area contributed by atoms with E-state index in [1.165, 1.54) is 0 Å². The number of hydroxylamine groups is 2. The quantitative estimate of drug-likeness (QED) is 0.296. The van der Waals surface area contributed by atoms with Crippen LogP contribution in [0.3, 0.4) is 0 Å². The first-order valence-corrected chi connectivity index (χ1v) is 6.97. The molecule has 11 heteroatoms. The molecule has 0 spiro atoms. The van der Waals surface area contributed by atoms with E-state index in [1.54, 1.807) is 0 Å². The number of amides is 1. The van der Waals surface area contributed by atoms with Gasteiger partial charge in [0.05, 0.1) is 0 Å². The molecule has 0 aromatic heterocycles. The third-order valence-corrected chi connectivity index (χ3v) is 3.56. The lowest BCUT2D eigenvalue weighted by Crippen LogP contribution is -2.38. The van der Waals surface area contributed by atoms with Gasteiger partial charge in [-0.3, -0.25) is 10.0 Å². The summed E-state index contributed by atoms with van der Waals surface area (Å²) in [5.74, 6) is -2.02. The van der Waals surface area contributed by atoms with Gasteiger partial charge >= 0.3 is 15.6 Å². The fraction of sp³-hybridized carbons (Fsp3) is 0.364. The molecule has 0 fully saturated rings. The van der Waals surface area contributed by atoms with Crippen molar-refractivity contribution in [1.29, 1.82) is 0 Å². The zero-order chi connectivity index (χ0) is 17.3. The molecule has 1 aromatic rings. The lowest BCUT2D eigenvalue weighted by atomic mass is 9.97. The van der Waals surface area contributed by atoms with Crippen LogP contribution in [0.4, 0.5) is 17.6 Å². The number of halogens is 4. The largest absolute Gasteiger partial charge is 0.534 e. The Balaban J connectivity index is 3.05. The molecule has 0 bridgehead atoms. The molecule has 124 valence electrons. The number of hydrogen-bond donors (Lipinski definition) is 1. The summed E-state index contributed by atoms with van der Waals surface area (Å²) in [6.45, 7) is 0.824. The Labute approximate surface area is 123 Å². The molecule has 1 amide bonds. The van der Waals surface area contributed by atoms with Crippen LogP contribution in [-0.4, -0.2) is 37.2 Å². The highest BCUT2D eigenvalue weighted by Crippen LogP contribution is 2.31. The van der Waals surface area contributed by atoms with E-state index in [-0.39, 0.29) is 10.6 Å². The lowest BCUT2D eigenvalue weighted by molar-refractivity contribution is -0.172. The summed E-state index contributed by atoms with van der Waals surface area (Å²) >= 11 is 0. The van der Waals surface area contributed by atoms with Crippen LogP contribution < -0.4 is 4.18 Å². The maximum Gasteiger partial charge on any atom is 0.534 e. The zero-order valence-electron chi connectivity index (χ0n) is 11.3. The van der Waals surface area contributed by atoms with Crippen molar-refractivity contribution in [3.05, 3.63) is 29.8 Å². The topological polar surface area (TPSA) is 83.9 Å². The van der Waals surface area contributed by atoms with Gasteiger partial charge in [0.1, 0.15) is 5.75 Å². The van der Waals surface area contributed by atoms with E-state index in [0.29, 0.717) is 0 Å². The minimum Gasteiger partial charge on any atom is -0.376 e. The Bertz CT molecular complexity index is 652. The summed E-state index contributed by atoms with van der Waals surface area (Å²) in [5, 5.41) is 8.94. The Kier molecular flexibility index (Phi) is 4.73. The van der Waals surface area contributed by atoms with Crippen molar-refractivity contribution in [2.75, 3.05) is 7.05 Å². The third-order valence-electron chi connectivity index (χ3n) is 2.58. The summed E-state index contributed by atoms with van der Waals surface area (Å²) < 4.78 is 76.0. The predicted molar refractivity (Wildman–Crippen MR) is 65.1 cm³/mol. The van der Waals surface area contributed by atoms with Crippen molar-refractivity contribution in [2.24, 2.45) is 0 Å². The van der Waals surface area contributed by atoms with Crippen molar-refractivity contribution >= 4 is 16.0 Å². The summed E-state index contributed by atoms with van der Waals surface area (Å²) in [6, 6.07) is 3.23. The van der Waals surface area contributed by atoms with E-state index < -0.39 is 33.0 Å². The average Bonchev–Trinajstić information content (AvgIpc) is 2.36. The number of alkyl halides is 4. The molecular formula is C11H11F4NO5S. The first kappa shape index (κ1) is 18.2. The van der Waals surface area contributed by atoms with E-state index in [1.807, 2.05) is 0 Å². The molecule has 1 N–H and O–H groups in total. The van der Waals surface area contributed by atoms with E-state index in [0.717, 1.165) is 38.2 Å². The fourth-order valence-corrected chi connectivity index (χ4v) is 1.88. The smallest absolute Gasteiger partial charge is 0.376 e. The van der Waals surface area contributed by atoms with E-state index in [4.69, 9.17) is 5.21 Å². The fourth-order valence-electron chi connectivity index (χ4n) is 1.42. The number of benzene rings is 1. The van der Waals surface area contributed by atoms with Crippen LogP contribution in [0, 0.1) is 0 Å². The molecule has 0 radical (unpaired) electrons. The lowest BCUT2D eigenvalue weighted by Gasteiger charge is -2.22. The van der Waals surface area contributed by atoms with Crippen LogP contribution in [0.1, 0.15) is 12.5 Å². The molecule has 0 saturated carbocycles. The van der Waals surface area contributed by atoms with Gasteiger partial charge in [0.25, 0.3) is 5.91 Å². The van der Waals surface area contributed by atoms with Gasteiger partial charge < -0.3 is 4.18 Å². The van der Waals surface area contributed by atoms with Crippen LogP contribution >= 0.6 is 0 Å². The summed E-state index contributed by atoms with van der Waals surface area (Å²) in [7, 11) is -4.94. The zero-order valence-corrected chi connectivity index (χ0v) is 12.1. The average molecular weight is 345 g/mol. The number of likely N-dealkylation sites (N-methyl/N-ethyl adjacent to an activating group) is 1. The first-order valence-electron chi connectivity index (χ1n) is 5.56. The summed E-state index contributed by atoms with van der Waals surface area (Å²) in [4.78, 5) is 11.4. The normalized spacial score (nSPS) is 15.0. The Morgan fingerprint density at radius 3 is 2.00 bits per heavy atom. The van der Waals surface area contributed by atoms with Gasteiger partial charge in [-0.2, -0.15) is 21.6 Å². The molecular weight excluding hydrogens is 334 g/mol. The highest BCUT2D eigenvalue weighted by atomic mass is 32.2. The minimum atomic E-state index is -5.84. The second-order valence-electron chi connectivity index (χ2n) is 4.34. The van der Waals surface area contributed by atoms with Gasteiger partial charge in [0.15, 0.2) is 0 Å². The molecule has 6 nitrogen and oxygen atoms in total. The predicted octanol–water partition coefficient (Wildman–Crippen LogP) is 1.95. The van der Waals surface area contributed by atoms with Gasteiger partial charge in [-0.1, -0.05) is 12.1 Å². The van der Waals surface area contributed by atoms with Crippen molar-refractivity contribution in [3.8, 4) is 5.75 Å². The Hall–Kier alpha value is -1.88. The number of rotatable bonds is 4.